The van der Waals surface area contributed by atoms with Crippen molar-refractivity contribution in [3.8, 4) is 34.1 Å². The molecule has 0 spiro atoms. The average molecular weight is 289 g/mol. The molecule has 2 aromatic rings. The highest BCUT2D eigenvalue weighted by Gasteiger charge is 2.15. The van der Waals surface area contributed by atoms with E-state index < -0.39 is 0 Å². The molecule has 0 saturated heterocycles. The van der Waals surface area contributed by atoms with Gasteiger partial charge in [-0.3, -0.25) is 0 Å². The molecule has 112 valence electrons. The molecule has 5 nitrogen and oxygen atoms in total. The van der Waals surface area contributed by atoms with Crippen LogP contribution in [-0.4, -0.2) is 28.4 Å². The smallest absolute Gasteiger partial charge is 0.203 e. The quantitative estimate of drug-likeness (QED) is 0.857. The average Bonchev–Trinajstić information content (AvgIpc) is 2.53. The Hall–Kier alpha value is -2.56. The third-order valence-corrected chi connectivity index (χ3v) is 3.23. The molecule has 0 radical (unpaired) electrons. The van der Waals surface area contributed by atoms with Gasteiger partial charge in [0.25, 0.3) is 0 Å². The zero-order chi connectivity index (χ0) is 15.4. The first kappa shape index (κ1) is 14.8. The third kappa shape index (κ3) is 2.81. The van der Waals surface area contributed by atoms with Crippen LogP contribution in [0.3, 0.4) is 0 Å². The molecule has 0 aliphatic carbocycles. The number of methoxy groups -OCH3 is 4. The van der Waals surface area contributed by atoms with Gasteiger partial charge >= 0.3 is 0 Å². The molecule has 0 aliphatic heterocycles. The largest absolute Gasteiger partial charge is 0.497 e. The Balaban J connectivity index is 2.59. The third-order valence-electron chi connectivity index (χ3n) is 3.23. The molecule has 21 heavy (non-hydrogen) atoms. The van der Waals surface area contributed by atoms with Gasteiger partial charge < -0.3 is 24.7 Å². The first-order chi connectivity index (χ1) is 10.1. The summed E-state index contributed by atoms with van der Waals surface area (Å²) < 4.78 is 21.2. The predicted molar refractivity (Wildman–Crippen MR) is 82.5 cm³/mol. The maximum atomic E-state index is 6.09. The Labute approximate surface area is 124 Å². The molecule has 0 aromatic heterocycles. The van der Waals surface area contributed by atoms with Crippen molar-refractivity contribution < 1.29 is 18.9 Å². The molecule has 0 unspecified atom stereocenters. The van der Waals surface area contributed by atoms with Gasteiger partial charge in [-0.25, -0.2) is 0 Å². The van der Waals surface area contributed by atoms with E-state index in [-0.39, 0.29) is 0 Å². The van der Waals surface area contributed by atoms with Crippen LogP contribution < -0.4 is 24.7 Å². The number of rotatable bonds is 5. The molecule has 0 heterocycles. The molecule has 5 heteroatoms. The molecule has 2 rings (SSSR count). The number of nitrogen functional groups attached to an aromatic ring is 1. The monoisotopic (exact) mass is 289 g/mol. The van der Waals surface area contributed by atoms with Gasteiger partial charge in [0.2, 0.25) is 5.75 Å². The SMILES string of the molecule is COc1ccc(-c2cc(OC)c(OC)c(OC)c2)c(N)c1. The predicted octanol–water partition coefficient (Wildman–Crippen LogP) is 2.97. The molecule has 0 aliphatic rings. The van der Waals surface area contributed by atoms with Gasteiger partial charge in [0, 0.05) is 17.3 Å². The molecule has 0 atom stereocenters. The maximum Gasteiger partial charge on any atom is 0.203 e. The lowest BCUT2D eigenvalue weighted by molar-refractivity contribution is 0.324. The zero-order valence-electron chi connectivity index (χ0n) is 12.6. The van der Waals surface area contributed by atoms with Crippen molar-refractivity contribution in [1.82, 2.24) is 0 Å². The van der Waals surface area contributed by atoms with Crippen molar-refractivity contribution >= 4 is 5.69 Å². The van der Waals surface area contributed by atoms with Crippen LogP contribution in [0.4, 0.5) is 5.69 Å². The number of benzene rings is 2. The molecule has 2 aromatic carbocycles. The molecule has 0 bridgehead atoms. The molecule has 0 fully saturated rings. The Kier molecular flexibility index (Phi) is 4.42. The number of nitrogens with two attached hydrogens (primary N) is 1. The summed E-state index contributed by atoms with van der Waals surface area (Å²) in [6, 6.07) is 9.25. The van der Waals surface area contributed by atoms with Gasteiger partial charge in [-0.2, -0.15) is 0 Å². The standard InChI is InChI=1S/C16H19NO4/c1-18-11-5-6-12(13(17)9-11)10-7-14(19-2)16(21-4)15(8-10)20-3/h5-9H,17H2,1-4H3. The summed E-state index contributed by atoms with van der Waals surface area (Å²) in [5, 5.41) is 0. The van der Waals surface area contributed by atoms with E-state index in [1.165, 1.54) is 0 Å². The van der Waals surface area contributed by atoms with E-state index >= 15 is 0 Å². The van der Waals surface area contributed by atoms with E-state index in [0.29, 0.717) is 28.7 Å². The summed E-state index contributed by atoms with van der Waals surface area (Å²) in [6.45, 7) is 0. The second-order valence-corrected chi connectivity index (χ2v) is 4.37. The Bertz CT molecular complexity index is 615. The van der Waals surface area contributed by atoms with Gasteiger partial charge in [-0.1, -0.05) is 0 Å². The number of ether oxygens (including phenoxy) is 4. The highest BCUT2D eigenvalue weighted by molar-refractivity contribution is 5.80. The Morgan fingerprint density at radius 2 is 1.38 bits per heavy atom. The van der Waals surface area contributed by atoms with E-state index in [9.17, 15) is 0 Å². The fourth-order valence-electron chi connectivity index (χ4n) is 2.17. The van der Waals surface area contributed by atoms with Gasteiger partial charge in [0.15, 0.2) is 11.5 Å². The van der Waals surface area contributed by atoms with E-state index in [1.54, 1.807) is 34.5 Å². The minimum Gasteiger partial charge on any atom is -0.497 e. The van der Waals surface area contributed by atoms with Crippen LogP contribution in [0.1, 0.15) is 0 Å². The van der Waals surface area contributed by atoms with Crippen molar-refractivity contribution in [3.63, 3.8) is 0 Å². The number of hydrogen-bond acceptors (Lipinski definition) is 5. The summed E-state index contributed by atoms with van der Waals surface area (Å²) >= 11 is 0. The molecule has 2 N–H and O–H groups in total. The fraction of sp³-hybridized carbons (Fsp3) is 0.250. The molecular weight excluding hydrogens is 270 g/mol. The molecular formula is C16H19NO4. The van der Waals surface area contributed by atoms with Crippen LogP contribution >= 0.6 is 0 Å². The van der Waals surface area contributed by atoms with Crippen LogP contribution in [0, 0.1) is 0 Å². The van der Waals surface area contributed by atoms with Crippen molar-refractivity contribution in [3.05, 3.63) is 30.3 Å². The summed E-state index contributed by atoms with van der Waals surface area (Å²) in [6.07, 6.45) is 0. The van der Waals surface area contributed by atoms with E-state index in [2.05, 4.69) is 0 Å². The first-order valence-corrected chi connectivity index (χ1v) is 6.38. The van der Waals surface area contributed by atoms with Crippen LogP contribution in [0.25, 0.3) is 11.1 Å². The van der Waals surface area contributed by atoms with Crippen molar-refractivity contribution in [2.45, 2.75) is 0 Å². The Morgan fingerprint density at radius 1 is 0.762 bits per heavy atom. The van der Waals surface area contributed by atoms with Gasteiger partial charge in [0.1, 0.15) is 5.75 Å². The van der Waals surface area contributed by atoms with Crippen LogP contribution in [-0.2, 0) is 0 Å². The van der Waals surface area contributed by atoms with Crippen molar-refractivity contribution in [2.75, 3.05) is 34.2 Å². The normalized spacial score (nSPS) is 10.1. The molecule has 0 saturated carbocycles. The lowest BCUT2D eigenvalue weighted by atomic mass is 10.0. The molecule has 0 amide bonds. The van der Waals surface area contributed by atoms with Gasteiger partial charge in [-0.15, -0.1) is 0 Å². The van der Waals surface area contributed by atoms with E-state index in [0.717, 1.165) is 11.1 Å². The number of anilines is 1. The summed E-state index contributed by atoms with van der Waals surface area (Å²) in [5.41, 5.74) is 8.45. The van der Waals surface area contributed by atoms with Gasteiger partial charge in [-0.05, 0) is 29.8 Å². The maximum absolute atomic E-state index is 6.09. The fourth-order valence-corrected chi connectivity index (χ4v) is 2.17. The second kappa shape index (κ2) is 6.26. The summed E-state index contributed by atoms with van der Waals surface area (Å²) in [4.78, 5) is 0. The van der Waals surface area contributed by atoms with E-state index in [4.69, 9.17) is 24.7 Å². The van der Waals surface area contributed by atoms with Crippen LogP contribution in [0.2, 0.25) is 0 Å². The lowest BCUT2D eigenvalue weighted by Crippen LogP contribution is -1.97. The minimum atomic E-state index is 0.552. The zero-order valence-corrected chi connectivity index (χ0v) is 12.6. The minimum absolute atomic E-state index is 0.552. The topological polar surface area (TPSA) is 62.9 Å². The Morgan fingerprint density at radius 3 is 1.81 bits per heavy atom. The highest BCUT2D eigenvalue weighted by atomic mass is 16.5. The highest BCUT2D eigenvalue weighted by Crippen LogP contribution is 2.42. The van der Waals surface area contributed by atoms with Crippen LogP contribution in [0.5, 0.6) is 23.0 Å². The summed E-state index contributed by atoms with van der Waals surface area (Å²) in [7, 11) is 6.34. The second-order valence-electron chi connectivity index (χ2n) is 4.37. The van der Waals surface area contributed by atoms with Crippen molar-refractivity contribution in [1.29, 1.82) is 0 Å². The first-order valence-electron chi connectivity index (χ1n) is 6.38. The van der Waals surface area contributed by atoms with Crippen LogP contribution in [0.15, 0.2) is 30.3 Å². The lowest BCUT2D eigenvalue weighted by Gasteiger charge is -2.15. The van der Waals surface area contributed by atoms with Crippen molar-refractivity contribution in [2.24, 2.45) is 0 Å². The van der Waals surface area contributed by atoms with E-state index in [1.807, 2.05) is 24.3 Å². The number of hydrogen-bond donors (Lipinski definition) is 1. The summed E-state index contributed by atoms with van der Waals surface area (Å²) in [5.74, 6) is 2.43. The van der Waals surface area contributed by atoms with Gasteiger partial charge in [0.05, 0.1) is 28.4 Å².